The molecule has 2 aliphatic heterocycles. The van der Waals surface area contributed by atoms with Gasteiger partial charge in [-0.25, -0.2) is 0 Å². The van der Waals surface area contributed by atoms with E-state index in [2.05, 4.69) is 130 Å². The second-order valence-corrected chi connectivity index (χ2v) is 15.8. The minimum Gasteiger partial charge on any atom is -0.0565 e. The molecule has 0 unspecified atom stereocenters. The molecule has 0 N–H and O–H groups in total. The molecule has 0 radical (unpaired) electrons. The Morgan fingerprint density at radius 1 is 0.745 bits per heavy atom. The van der Waals surface area contributed by atoms with E-state index in [4.69, 9.17) is 9.72 Å². The number of hydrogen-bond donors (Lipinski definition) is 0. The molecule has 7 rings (SSSR count). The van der Waals surface area contributed by atoms with Crippen LogP contribution in [-0.2, 0) is 31.9 Å². The number of anilines is 5. The quantitative estimate of drug-likeness (QED) is 0.130. The normalized spacial score (nSPS) is 14.0. The van der Waals surface area contributed by atoms with Gasteiger partial charge in [0.2, 0.25) is 0 Å². The summed E-state index contributed by atoms with van der Waals surface area (Å²) < 4.78 is 8.82. The largest absolute Gasteiger partial charge is 0.0565 e. The number of rotatable bonds is 5. The molecule has 3 aromatic carbocycles. The van der Waals surface area contributed by atoms with Crippen LogP contribution in [0.15, 0.2) is 104 Å². The van der Waals surface area contributed by atoms with Crippen LogP contribution in [0.25, 0.3) is 0 Å². The molecule has 0 saturated carbocycles. The topological polar surface area (TPSA) is 44.7 Å². The fraction of sp³-hybridized carbons (Fsp3) is 0.205. The molecule has 8 heteroatoms. The van der Waals surface area contributed by atoms with Crippen LogP contribution in [0.4, 0.5) is 28.6 Å². The van der Waals surface area contributed by atoms with E-state index in [1.54, 1.807) is 0 Å². The molecule has 0 fully saturated rings. The Labute approximate surface area is 298 Å². The Morgan fingerprint density at radius 2 is 1.49 bits per heavy atom. The van der Waals surface area contributed by atoms with Crippen molar-refractivity contribution in [1.29, 1.82) is 0 Å². The maximum absolute atomic E-state index is 6.41. The Morgan fingerprint density at radius 3 is 2.26 bits per heavy atom. The van der Waals surface area contributed by atoms with E-state index in [0.717, 1.165) is 28.6 Å². The van der Waals surface area contributed by atoms with Gasteiger partial charge in [0, 0.05) is 21.1 Å². The third-order valence-electron chi connectivity index (χ3n) is 8.07. The van der Waals surface area contributed by atoms with Crippen molar-refractivity contribution in [2.45, 2.75) is 52.4 Å². The zero-order chi connectivity index (χ0) is 32.1. The molecule has 0 amide bonds. The fourth-order valence-corrected chi connectivity index (χ4v) is 7.50. The molecule has 6 nitrogen and oxygen atoms in total. The van der Waals surface area contributed by atoms with Gasteiger partial charge in [0.25, 0.3) is 0 Å². The number of pyridine rings is 2. The van der Waals surface area contributed by atoms with Crippen LogP contribution in [0.2, 0.25) is 0 Å². The first-order chi connectivity index (χ1) is 22.0. The molecule has 0 aliphatic carbocycles. The first-order valence-electron chi connectivity index (χ1n) is 15.4. The average molecular weight is 865 g/mol. The molecule has 242 valence electrons. The number of benzene rings is 3. The van der Waals surface area contributed by atoms with Gasteiger partial charge in [0.1, 0.15) is 0 Å². The van der Waals surface area contributed by atoms with Crippen molar-refractivity contribution in [3.8, 4) is 11.5 Å². The molecule has 0 spiro atoms. The van der Waals surface area contributed by atoms with Crippen molar-refractivity contribution in [2.75, 3.05) is 14.7 Å². The molecule has 0 atom stereocenters. The van der Waals surface area contributed by atoms with Crippen molar-refractivity contribution in [3.63, 3.8) is 0 Å². The molecule has 0 saturated heterocycles. The van der Waals surface area contributed by atoms with E-state index in [-0.39, 0.29) is 46.9 Å². The van der Waals surface area contributed by atoms with Gasteiger partial charge in [0.15, 0.2) is 0 Å². The molecular weight excluding hydrogens is 829 g/mol. The maximum Gasteiger partial charge on any atom is 0 e. The van der Waals surface area contributed by atoms with Gasteiger partial charge in [-0.2, -0.15) is 0 Å². The van der Waals surface area contributed by atoms with Crippen LogP contribution in [0.1, 0.15) is 52.7 Å². The Hall–Kier alpha value is -3.89. The summed E-state index contributed by atoms with van der Waals surface area (Å²) in [6, 6.07) is 32.2. The summed E-state index contributed by atoms with van der Waals surface area (Å²) in [6.07, 6.45) is 9.78. The van der Waals surface area contributed by atoms with Crippen molar-refractivity contribution < 1.29 is 25.8 Å². The van der Waals surface area contributed by atoms with E-state index in [1.807, 2.05) is 54.0 Å². The Balaban J connectivity index is 0.00000386. The third kappa shape index (κ3) is 6.90. The monoisotopic (exact) mass is 865 g/mol. The molecule has 2 aromatic heterocycles. The van der Waals surface area contributed by atoms with Crippen molar-refractivity contribution in [1.82, 2.24) is 9.97 Å². The fourth-order valence-electron chi connectivity index (χ4n) is 5.43. The minimum atomic E-state index is -0.00723. The summed E-state index contributed by atoms with van der Waals surface area (Å²) in [4.78, 5) is 15.6. The van der Waals surface area contributed by atoms with Gasteiger partial charge in [-0.05, 0) is 23.1 Å². The molecule has 5 aromatic rings. The maximum atomic E-state index is 6.41. The van der Waals surface area contributed by atoms with E-state index >= 15 is 0 Å². The van der Waals surface area contributed by atoms with Gasteiger partial charge in [0.05, 0.1) is 0 Å². The van der Waals surface area contributed by atoms with Crippen molar-refractivity contribution >= 4 is 52.4 Å². The predicted octanol–water partition coefficient (Wildman–Crippen LogP) is 7.82. The van der Waals surface area contributed by atoms with Crippen molar-refractivity contribution in [3.05, 3.63) is 134 Å². The van der Waals surface area contributed by atoms with Crippen LogP contribution in [0.3, 0.4) is 0 Å². The third-order valence-corrected chi connectivity index (χ3v) is 10.3. The van der Waals surface area contributed by atoms with Crippen LogP contribution < -0.4 is 28.4 Å². The second kappa shape index (κ2) is 13.0. The summed E-state index contributed by atoms with van der Waals surface area (Å²) in [5, 5.41) is 0. The average Bonchev–Trinajstić information content (AvgIpc) is 3.54. The van der Waals surface area contributed by atoms with Crippen LogP contribution >= 0.6 is 0 Å². The number of aromatic nitrogens is 2. The summed E-state index contributed by atoms with van der Waals surface area (Å²) in [6.45, 7) is 15.4. The van der Waals surface area contributed by atoms with Crippen LogP contribution in [0, 0.1) is 18.8 Å². The van der Waals surface area contributed by atoms with Gasteiger partial charge >= 0.3 is 223 Å². The summed E-state index contributed by atoms with van der Waals surface area (Å²) in [5.41, 5.74) is 6.67. The van der Waals surface area contributed by atoms with Gasteiger partial charge in [-0.15, -0.1) is 0 Å². The van der Waals surface area contributed by atoms with E-state index in [0.29, 0.717) is 11.5 Å². The number of ether oxygens (including phenoxy) is 1. The summed E-state index contributed by atoms with van der Waals surface area (Å²) in [5.74, 6) is 2.10. The SMILES string of the molecule is CC(C)(C)c1ccc(N2C=CN(c3[c-]c(Oc4[c-]c5c(cc4)[Se]c4cnccc4N5c4cc(C(C)(C)C)ccn4)ccc3)[CH-]2)cc1.[Pt]. The Bertz CT molecular complexity index is 1930. The zero-order valence-electron chi connectivity index (χ0n) is 27.3. The molecule has 4 heterocycles. The van der Waals surface area contributed by atoms with E-state index in [1.165, 1.54) is 20.1 Å². The summed E-state index contributed by atoms with van der Waals surface area (Å²) >= 11 is 0.0784. The van der Waals surface area contributed by atoms with Crippen LogP contribution in [0.5, 0.6) is 11.5 Å². The standard InChI is InChI=1S/C39H36N5OSe.Pt/c1-38(2,3)27-10-12-29(13-11-27)42-20-21-43(26-42)30-8-7-9-31(23-30)45-32-14-15-35-34(24-32)44(33-17-18-40-25-36(33)46-35)37-22-28(16-19-41-37)39(4,5)6;/h7-22,25-26H,1-6H3;/q-3;. The zero-order valence-corrected chi connectivity index (χ0v) is 31.2. The minimum absolute atomic E-state index is 0. The molecule has 0 bridgehead atoms. The first kappa shape index (κ1) is 33.0. The van der Waals surface area contributed by atoms with E-state index in [9.17, 15) is 0 Å². The molecule has 47 heavy (non-hydrogen) atoms. The molecular formula is C39H36N5OPtSe-3. The number of hydrogen-bond acceptors (Lipinski definition) is 6. The first-order valence-corrected chi connectivity index (χ1v) is 17.1. The second-order valence-electron chi connectivity index (χ2n) is 13.5. The number of nitrogens with zero attached hydrogens (tertiary/aromatic N) is 5. The predicted molar refractivity (Wildman–Crippen MR) is 188 cm³/mol. The number of fused-ring (bicyclic) bond motifs is 2. The van der Waals surface area contributed by atoms with Crippen LogP contribution in [-0.4, -0.2) is 24.9 Å². The van der Waals surface area contributed by atoms with Gasteiger partial charge in [-0.1, -0.05) is 32.9 Å². The van der Waals surface area contributed by atoms with Gasteiger partial charge in [-0.3, -0.25) is 0 Å². The van der Waals surface area contributed by atoms with E-state index < -0.39 is 0 Å². The Kier molecular flexibility index (Phi) is 9.10. The van der Waals surface area contributed by atoms with Crippen molar-refractivity contribution in [2.24, 2.45) is 0 Å². The smallest absolute Gasteiger partial charge is 0 e. The molecule has 2 aliphatic rings. The van der Waals surface area contributed by atoms with Gasteiger partial charge < -0.3 is 0 Å². The summed E-state index contributed by atoms with van der Waals surface area (Å²) in [7, 11) is 0.